The summed E-state index contributed by atoms with van der Waals surface area (Å²) < 4.78 is 10.5. The summed E-state index contributed by atoms with van der Waals surface area (Å²) in [4.78, 5) is 24.8. The molecule has 0 unspecified atom stereocenters. The van der Waals surface area contributed by atoms with Gasteiger partial charge in [0.25, 0.3) is 0 Å². The van der Waals surface area contributed by atoms with Crippen LogP contribution in [0.15, 0.2) is 18.2 Å². The maximum Gasteiger partial charge on any atom is 0.305 e. The Morgan fingerprint density at radius 3 is 2.52 bits per heavy atom. The van der Waals surface area contributed by atoms with Crippen LogP contribution in [-0.4, -0.2) is 30.3 Å². The van der Waals surface area contributed by atoms with Gasteiger partial charge in [-0.3, -0.25) is 9.59 Å². The molecule has 0 atom stereocenters. The predicted molar refractivity (Wildman–Crippen MR) is 76.6 cm³/mol. The quantitative estimate of drug-likeness (QED) is 0.921. The zero-order valence-corrected chi connectivity index (χ0v) is 12.4. The predicted octanol–water partition coefficient (Wildman–Crippen LogP) is 2.27. The van der Waals surface area contributed by atoms with Crippen molar-refractivity contribution >= 4 is 17.6 Å². The van der Waals surface area contributed by atoms with E-state index >= 15 is 0 Å². The summed E-state index contributed by atoms with van der Waals surface area (Å²) in [5.74, 6) is 0.111. The Hall–Kier alpha value is -2.24. The number of amides is 1. The van der Waals surface area contributed by atoms with Crippen LogP contribution >= 0.6 is 0 Å². The second-order valence-corrected chi connectivity index (χ2v) is 5.89. The van der Waals surface area contributed by atoms with Gasteiger partial charge >= 0.3 is 5.97 Å². The number of aliphatic carboxylic acids is 1. The summed E-state index contributed by atoms with van der Waals surface area (Å²) in [5, 5.41) is 8.87. The number of rotatable bonds is 4. The third-order valence-corrected chi connectivity index (χ3v) is 3.10. The molecule has 0 saturated carbocycles. The van der Waals surface area contributed by atoms with Crippen molar-refractivity contribution in [2.24, 2.45) is 5.41 Å². The van der Waals surface area contributed by atoms with Gasteiger partial charge < -0.3 is 19.5 Å². The van der Waals surface area contributed by atoms with Gasteiger partial charge in [-0.25, -0.2) is 0 Å². The molecule has 1 aromatic rings. The molecule has 1 N–H and O–H groups in total. The van der Waals surface area contributed by atoms with Crippen molar-refractivity contribution in [2.75, 3.05) is 18.2 Å². The smallest absolute Gasteiger partial charge is 0.305 e. The normalized spacial score (nSPS) is 13.1. The highest BCUT2D eigenvalue weighted by Gasteiger charge is 2.29. The average molecular weight is 293 g/mol. The van der Waals surface area contributed by atoms with Gasteiger partial charge in [0.2, 0.25) is 12.7 Å². The number of fused-ring (bicyclic) bond motifs is 1. The van der Waals surface area contributed by atoms with E-state index in [2.05, 4.69) is 0 Å². The van der Waals surface area contributed by atoms with Gasteiger partial charge in [0.15, 0.2) is 11.5 Å². The zero-order chi connectivity index (χ0) is 15.6. The minimum atomic E-state index is -0.942. The number of ether oxygens (including phenoxy) is 2. The molecule has 114 valence electrons. The highest BCUT2D eigenvalue weighted by Crippen LogP contribution is 2.36. The molecule has 0 fully saturated rings. The first-order chi connectivity index (χ1) is 9.79. The highest BCUT2D eigenvalue weighted by atomic mass is 16.7. The molecule has 0 radical (unpaired) electrons. The van der Waals surface area contributed by atoms with Crippen molar-refractivity contribution < 1.29 is 24.2 Å². The topological polar surface area (TPSA) is 76.1 Å². The lowest BCUT2D eigenvalue weighted by Crippen LogP contribution is -2.40. The van der Waals surface area contributed by atoms with E-state index in [0.717, 1.165) is 0 Å². The van der Waals surface area contributed by atoms with Crippen LogP contribution < -0.4 is 14.4 Å². The third-order valence-electron chi connectivity index (χ3n) is 3.10. The minimum absolute atomic E-state index is 0.115. The number of hydrogen-bond donors (Lipinski definition) is 1. The first kappa shape index (κ1) is 15.2. The third kappa shape index (κ3) is 3.45. The minimum Gasteiger partial charge on any atom is -0.481 e. The van der Waals surface area contributed by atoms with E-state index in [1.807, 2.05) is 0 Å². The molecule has 1 aliphatic rings. The molecule has 0 aliphatic carbocycles. The number of nitrogens with zero attached hydrogens (tertiary/aromatic N) is 1. The van der Waals surface area contributed by atoms with Crippen LogP contribution in [0.1, 0.15) is 27.2 Å². The molecule has 1 aromatic carbocycles. The van der Waals surface area contributed by atoms with Crippen LogP contribution in [0.2, 0.25) is 0 Å². The Labute approximate surface area is 123 Å². The second-order valence-electron chi connectivity index (χ2n) is 5.89. The van der Waals surface area contributed by atoms with Gasteiger partial charge in [-0.05, 0) is 12.1 Å². The number of carboxylic acids is 1. The molecule has 0 bridgehead atoms. The molecular formula is C15H19NO5. The number of benzene rings is 1. The molecule has 1 heterocycles. The molecule has 6 nitrogen and oxygen atoms in total. The fourth-order valence-corrected chi connectivity index (χ4v) is 2.01. The molecule has 6 heteroatoms. The number of carbonyl (C=O) groups excluding carboxylic acids is 1. The fraction of sp³-hybridized carbons (Fsp3) is 0.467. The summed E-state index contributed by atoms with van der Waals surface area (Å²) in [6.45, 7) is 5.68. The first-order valence-corrected chi connectivity index (χ1v) is 6.72. The Kier molecular flexibility index (Phi) is 4.06. The van der Waals surface area contributed by atoms with E-state index in [9.17, 15) is 9.59 Å². The molecule has 2 rings (SSSR count). The maximum absolute atomic E-state index is 12.5. The molecule has 1 aliphatic heterocycles. The van der Waals surface area contributed by atoms with Gasteiger partial charge in [0.05, 0.1) is 6.42 Å². The van der Waals surface area contributed by atoms with Crippen LogP contribution in [0, 0.1) is 5.41 Å². The van der Waals surface area contributed by atoms with Crippen LogP contribution in [0.3, 0.4) is 0 Å². The lowest BCUT2D eigenvalue weighted by atomic mass is 9.94. The van der Waals surface area contributed by atoms with Crippen molar-refractivity contribution in [3.8, 4) is 11.5 Å². The monoisotopic (exact) mass is 293 g/mol. The lowest BCUT2D eigenvalue weighted by Gasteiger charge is -2.29. The van der Waals surface area contributed by atoms with Crippen molar-refractivity contribution in [3.63, 3.8) is 0 Å². The summed E-state index contributed by atoms with van der Waals surface area (Å²) in [7, 11) is 0. The summed E-state index contributed by atoms with van der Waals surface area (Å²) >= 11 is 0. The standard InChI is InChI=1S/C15H19NO5/c1-15(2,3)14(19)16(7-6-13(17)18)10-4-5-11-12(8-10)21-9-20-11/h4-5,8H,6-7,9H2,1-3H3,(H,17,18). The number of carboxylic acid groups (broad SMARTS) is 1. The van der Waals surface area contributed by atoms with Crippen molar-refractivity contribution in [1.82, 2.24) is 0 Å². The Morgan fingerprint density at radius 2 is 1.90 bits per heavy atom. The molecule has 1 amide bonds. The Bertz CT molecular complexity index is 562. The molecule has 0 aromatic heterocycles. The maximum atomic E-state index is 12.5. The summed E-state index contributed by atoms with van der Waals surface area (Å²) in [6, 6.07) is 5.16. The van der Waals surface area contributed by atoms with E-state index in [-0.39, 0.29) is 25.7 Å². The SMILES string of the molecule is CC(C)(C)C(=O)N(CCC(=O)O)c1ccc2c(c1)OCO2. The number of anilines is 1. The van der Waals surface area contributed by atoms with Gasteiger partial charge in [0.1, 0.15) is 0 Å². The highest BCUT2D eigenvalue weighted by molar-refractivity contribution is 5.97. The van der Waals surface area contributed by atoms with Crippen LogP contribution in [-0.2, 0) is 9.59 Å². The number of hydrogen-bond acceptors (Lipinski definition) is 4. The van der Waals surface area contributed by atoms with Crippen molar-refractivity contribution in [1.29, 1.82) is 0 Å². The van der Waals surface area contributed by atoms with Crippen LogP contribution in [0.4, 0.5) is 5.69 Å². The number of carbonyl (C=O) groups is 2. The van der Waals surface area contributed by atoms with Crippen LogP contribution in [0.5, 0.6) is 11.5 Å². The molecule has 21 heavy (non-hydrogen) atoms. The first-order valence-electron chi connectivity index (χ1n) is 6.72. The largest absolute Gasteiger partial charge is 0.481 e. The Morgan fingerprint density at radius 1 is 1.24 bits per heavy atom. The van der Waals surface area contributed by atoms with E-state index in [0.29, 0.717) is 17.2 Å². The van der Waals surface area contributed by atoms with Gasteiger partial charge in [-0.2, -0.15) is 0 Å². The summed E-state index contributed by atoms with van der Waals surface area (Å²) in [5.41, 5.74) is 0.00920. The van der Waals surface area contributed by atoms with Gasteiger partial charge in [-0.1, -0.05) is 20.8 Å². The van der Waals surface area contributed by atoms with E-state index in [1.165, 1.54) is 4.90 Å². The molecule has 0 spiro atoms. The lowest BCUT2D eigenvalue weighted by molar-refractivity contribution is -0.136. The summed E-state index contributed by atoms with van der Waals surface area (Å²) in [6.07, 6.45) is -0.115. The fourth-order valence-electron chi connectivity index (χ4n) is 2.01. The Balaban J connectivity index is 2.30. The van der Waals surface area contributed by atoms with E-state index < -0.39 is 11.4 Å². The molecular weight excluding hydrogens is 274 g/mol. The van der Waals surface area contributed by atoms with Crippen molar-refractivity contribution in [2.45, 2.75) is 27.2 Å². The average Bonchev–Trinajstić information content (AvgIpc) is 2.84. The van der Waals surface area contributed by atoms with Gasteiger partial charge in [-0.15, -0.1) is 0 Å². The van der Waals surface area contributed by atoms with E-state index in [4.69, 9.17) is 14.6 Å². The second kappa shape index (κ2) is 5.63. The van der Waals surface area contributed by atoms with Gasteiger partial charge in [0, 0.05) is 23.7 Å². The molecule has 0 saturated heterocycles. The van der Waals surface area contributed by atoms with Crippen LogP contribution in [0.25, 0.3) is 0 Å². The van der Waals surface area contributed by atoms with Crippen molar-refractivity contribution in [3.05, 3.63) is 18.2 Å². The van der Waals surface area contributed by atoms with E-state index in [1.54, 1.807) is 39.0 Å². The zero-order valence-electron chi connectivity index (χ0n) is 12.4.